The predicted molar refractivity (Wildman–Crippen MR) is 10.2 cm³/mol. The third-order valence-corrected chi connectivity index (χ3v) is 0. The van der Waals surface area contributed by atoms with Crippen LogP contribution in [0.3, 0.4) is 0 Å². The molecule has 0 spiro atoms. The summed E-state index contributed by atoms with van der Waals surface area (Å²) in [5, 5.41) is 6.72. The first-order valence-electron chi connectivity index (χ1n) is 0.695. The number of hydrogen-bond acceptors (Lipinski definition) is 1. The summed E-state index contributed by atoms with van der Waals surface area (Å²) >= 11 is 0. The minimum absolute atomic E-state index is 3.17. The van der Waals surface area contributed by atoms with E-state index in [1.807, 2.05) is 0 Å². The summed E-state index contributed by atoms with van der Waals surface area (Å²) in [6, 6.07) is 0. The van der Waals surface area contributed by atoms with Crippen LogP contribution in [0.5, 0.6) is 0 Å². The summed E-state index contributed by atoms with van der Waals surface area (Å²) in [6.07, 6.45) is 0. The molecule has 1 nitrogen and oxygen atoms in total. The van der Waals surface area contributed by atoms with Gasteiger partial charge in [0.15, 0.2) is 0 Å². The Morgan fingerprint density at radius 2 is 1.50 bits per heavy atom. The van der Waals surface area contributed by atoms with Gasteiger partial charge in [0.25, 0.3) is 0 Å². The van der Waals surface area contributed by atoms with Gasteiger partial charge in [-0.25, -0.2) is 0 Å². The lowest BCUT2D eigenvalue weighted by molar-refractivity contribution is 0.417. The third-order valence-electron chi connectivity index (χ3n) is 0. The Morgan fingerprint density at radius 3 is 1.50 bits per heavy atom. The van der Waals surface area contributed by atoms with Crippen LogP contribution < -0.4 is 0 Å². The summed E-state index contributed by atoms with van der Waals surface area (Å²) in [5.74, 6) is 0. The van der Waals surface area contributed by atoms with Crippen molar-refractivity contribution in [2.24, 2.45) is 0 Å². The molecule has 0 bridgehead atoms. The van der Waals surface area contributed by atoms with E-state index in [1.165, 1.54) is 0 Å². The summed E-state index contributed by atoms with van der Waals surface area (Å²) < 4.78 is 19.8. The molecule has 0 saturated heterocycles. The van der Waals surface area contributed by atoms with Crippen molar-refractivity contribution in [1.29, 1.82) is 0 Å². The average molecular weight is 65.8 g/mol. The molecule has 0 saturated carbocycles. The Bertz CT molecular complexity index is 10.8. The van der Waals surface area contributed by atoms with Gasteiger partial charge in [-0.3, -0.25) is 8.63 Å². The Hall–Kier alpha value is -0.115. The van der Waals surface area contributed by atoms with E-state index >= 15 is 0 Å². The highest BCUT2D eigenvalue weighted by Crippen LogP contribution is 1.69. The fourth-order valence-electron chi connectivity index (χ4n) is 0. The van der Waals surface area contributed by atoms with Crippen molar-refractivity contribution in [2.75, 3.05) is 0 Å². The Morgan fingerprint density at radius 1 is 1.50 bits per heavy atom. The zero-order valence-corrected chi connectivity index (χ0v) is 1.78. The van der Waals surface area contributed by atoms with Crippen LogP contribution in [0.15, 0.2) is 0 Å². The number of halogens is 2. The van der Waals surface area contributed by atoms with Crippen molar-refractivity contribution in [2.45, 2.75) is 0 Å². The van der Waals surface area contributed by atoms with Gasteiger partial charge < -0.3 is 5.02 Å². The van der Waals surface area contributed by atoms with Crippen LogP contribution in [0.2, 0.25) is 0 Å². The minimum atomic E-state index is -3.17. The van der Waals surface area contributed by atoms with Crippen LogP contribution >= 0.6 is 0 Å². The van der Waals surface area contributed by atoms with Gasteiger partial charge in [0, 0.05) is 0 Å². The molecule has 24 valence electrons. The highest BCUT2D eigenvalue weighted by molar-refractivity contribution is 6.32. The van der Waals surface area contributed by atoms with Crippen molar-refractivity contribution in [3.63, 3.8) is 0 Å². The van der Waals surface area contributed by atoms with Crippen molar-refractivity contribution >= 4 is 7.47 Å². The molecule has 0 aromatic heterocycles. The zero-order valence-electron chi connectivity index (χ0n) is 1.78. The Labute approximate surface area is 22.5 Å². The second-order valence-electron chi connectivity index (χ2n) is 0.278. The second-order valence-corrected chi connectivity index (χ2v) is 0.278. The SMILES string of the molecule is OB(F)F. The first kappa shape index (κ1) is 3.88. The van der Waals surface area contributed by atoms with Crippen LogP contribution in [0.1, 0.15) is 0 Å². The van der Waals surface area contributed by atoms with Crippen LogP contribution in [0.25, 0.3) is 0 Å². The van der Waals surface area contributed by atoms with E-state index < -0.39 is 7.47 Å². The van der Waals surface area contributed by atoms with Crippen LogP contribution in [-0.4, -0.2) is 12.5 Å². The molecule has 0 aromatic rings. The molecule has 4 heavy (non-hydrogen) atoms. The maximum absolute atomic E-state index is 9.89. The van der Waals surface area contributed by atoms with Gasteiger partial charge in [-0.15, -0.1) is 0 Å². The predicted octanol–water partition coefficient (Wildman–Crippen LogP) is -0.0974. The highest BCUT2D eigenvalue weighted by Gasteiger charge is 2.01. The number of hydrogen-bond donors (Lipinski definition) is 1. The van der Waals surface area contributed by atoms with E-state index in [1.54, 1.807) is 0 Å². The first-order valence-corrected chi connectivity index (χ1v) is 0.695. The molecular weight excluding hydrogens is 64.8 g/mol. The molecule has 0 aliphatic carbocycles. The van der Waals surface area contributed by atoms with Gasteiger partial charge in [0.05, 0.1) is 0 Å². The van der Waals surface area contributed by atoms with E-state index in [0.717, 1.165) is 0 Å². The topological polar surface area (TPSA) is 20.2 Å². The smallest absolute Gasteiger partial charge is 0.395 e. The lowest BCUT2D eigenvalue weighted by atomic mass is 10.4. The van der Waals surface area contributed by atoms with Crippen molar-refractivity contribution in [3.05, 3.63) is 0 Å². The van der Waals surface area contributed by atoms with Crippen LogP contribution in [-0.2, 0) is 0 Å². The highest BCUT2D eigenvalue weighted by atomic mass is 19.2. The standard InChI is InChI=1S/BF2HO/c2-1(3)4/h4H. The van der Waals surface area contributed by atoms with Crippen molar-refractivity contribution in [1.82, 2.24) is 0 Å². The van der Waals surface area contributed by atoms with E-state index in [2.05, 4.69) is 0 Å². The van der Waals surface area contributed by atoms with Gasteiger partial charge in [-0.2, -0.15) is 0 Å². The third kappa shape index (κ3) is 111. The molecule has 0 fully saturated rings. The van der Waals surface area contributed by atoms with E-state index in [9.17, 15) is 8.63 Å². The van der Waals surface area contributed by atoms with Crippen molar-refractivity contribution in [3.8, 4) is 0 Å². The molecule has 0 aliphatic heterocycles. The van der Waals surface area contributed by atoms with Gasteiger partial charge in [-0.1, -0.05) is 0 Å². The Balaban J connectivity index is 2.32. The lowest BCUT2D eigenvalue weighted by Crippen LogP contribution is -1.88. The fourth-order valence-corrected chi connectivity index (χ4v) is 0. The molecule has 0 aromatic carbocycles. The lowest BCUT2D eigenvalue weighted by Gasteiger charge is -1.60. The van der Waals surface area contributed by atoms with Gasteiger partial charge in [-0.05, 0) is 0 Å². The quantitative estimate of drug-likeness (QED) is 0.391. The molecule has 1 N–H and O–H groups in total. The molecule has 0 aliphatic rings. The average Bonchev–Trinajstić information content (AvgIpc) is 0.811. The number of rotatable bonds is 0. The van der Waals surface area contributed by atoms with E-state index in [-0.39, 0.29) is 0 Å². The molecule has 0 heterocycles. The molecule has 0 unspecified atom stereocenters. The molecule has 0 amide bonds. The molecule has 0 radical (unpaired) electrons. The van der Waals surface area contributed by atoms with Gasteiger partial charge in [0.2, 0.25) is 0 Å². The summed E-state index contributed by atoms with van der Waals surface area (Å²) in [7, 11) is -3.17. The largest absolute Gasteiger partial charge is 0.718 e. The summed E-state index contributed by atoms with van der Waals surface area (Å²) in [6.45, 7) is 0. The normalized spacial score (nSPS) is 6.75. The second kappa shape index (κ2) is 1.23. The van der Waals surface area contributed by atoms with E-state index in [4.69, 9.17) is 5.02 Å². The molecular formula is HBF2O. The van der Waals surface area contributed by atoms with Gasteiger partial charge >= 0.3 is 7.47 Å². The van der Waals surface area contributed by atoms with E-state index in [0.29, 0.717) is 0 Å². The van der Waals surface area contributed by atoms with Gasteiger partial charge in [0.1, 0.15) is 0 Å². The molecule has 0 atom stereocenters. The maximum atomic E-state index is 9.89. The first-order chi connectivity index (χ1) is 1.73. The molecule has 4 heteroatoms. The summed E-state index contributed by atoms with van der Waals surface area (Å²) in [4.78, 5) is 0. The zero-order chi connectivity index (χ0) is 3.58. The minimum Gasteiger partial charge on any atom is -0.395 e. The fraction of sp³-hybridized carbons (Fsp3) is 0. The summed E-state index contributed by atoms with van der Waals surface area (Å²) in [5.41, 5.74) is 0. The maximum Gasteiger partial charge on any atom is 0.718 e. The monoisotopic (exact) mass is 66.0 g/mol. The Kier molecular flexibility index (Phi) is 1.20. The van der Waals surface area contributed by atoms with Crippen LogP contribution in [0, 0.1) is 0 Å². The van der Waals surface area contributed by atoms with Crippen molar-refractivity contribution < 1.29 is 13.7 Å². The molecule has 0 rings (SSSR count). The van der Waals surface area contributed by atoms with Crippen LogP contribution in [0.4, 0.5) is 8.63 Å².